The van der Waals surface area contributed by atoms with Crippen molar-refractivity contribution in [2.24, 2.45) is 0 Å². The van der Waals surface area contributed by atoms with Gasteiger partial charge in [-0.2, -0.15) is 0 Å². The number of unbranched alkanes of at least 4 members (excludes halogenated alkanes) is 31. The molecule has 0 aromatic rings. The van der Waals surface area contributed by atoms with Crippen LogP contribution in [0, 0.1) is 0 Å². The molecule has 0 aliphatic carbocycles. The molecule has 9 N–H and O–H groups in total. The highest BCUT2D eigenvalue weighted by molar-refractivity contribution is 5.76. The van der Waals surface area contributed by atoms with Crippen LogP contribution in [0.1, 0.15) is 251 Å². The van der Waals surface area contributed by atoms with E-state index in [1.807, 2.05) is 6.08 Å². The molecule has 12 unspecified atom stereocenters. The quantitative estimate of drug-likeness (QED) is 0.0204. The lowest BCUT2D eigenvalue weighted by Crippen LogP contribution is -2.65. The molecule has 2 rings (SSSR count). The van der Waals surface area contributed by atoms with E-state index in [4.69, 9.17) is 18.9 Å². The highest BCUT2D eigenvalue weighted by Gasteiger charge is 2.51. The summed E-state index contributed by atoms with van der Waals surface area (Å²) in [5.74, 6) is -0.252. The van der Waals surface area contributed by atoms with E-state index in [-0.39, 0.29) is 18.9 Å². The minimum Gasteiger partial charge on any atom is -0.394 e. The maximum absolute atomic E-state index is 13.3. The summed E-state index contributed by atoms with van der Waals surface area (Å²) in [6.07, 6.45) is 44.6. The summed E-state index contributed by atoms with van der Waals surface area (Å²) in [7, 11) is 0. The summed E-state index contributed by atoms with van der Waals surface area (Å²) in [6, 6.07) is -0.937. The van der Waals surface area contributed by atoms with Crippen molar-refractivity contribution in [2.45, 2.75) is 325 Å². The predicted octanol–water partition coefficient (Wildman–Crippen LogP) is 11.2. The minimum atomic E-state index is -1.79. The molecule has 14 heteroatoms. The number of amides is 1. The number of hydrogen-bond donors (Lipinski definition) is 9. The number of hydrogen-bond acceptors (Lipinski definition) is 13. The van der Waals surface area contributed by atoms with Gasteiger partial charge in [0.15, 0.2) is 12.6 Å². The van der Waals surface area contributed by atoms with Crippen molar-refractivity contribution in [3.8, 4) is 0 Å². The fourth-order valence-corrected chi connectivity index (χ4v) is 10.1. The molecular formula is C63H115NO13. The number of ether oxygens (including phenoxy) is 4. The Morgan fingerprint density at radius 2 is 0.831 bits per heavy atom. The van der Waals surface area contributed by atoms with Crippen molar-refractivity contribution in [1.82, 2.24) is 5.32 Å². The van der Waals surface area contributed by atoms with Gasteiger partial charge >= 0.3 is 0 Å². The van der Waals surface area contributed by atoms with Gasteiger partial charge in [-0.15, -0.1) is 0 Å². The first-order valence-electron chi connectivity index (χ1n) is 31.4. The average Bonchev–Trinajstić information content (AvgIpc) is 3.44. The number of aliphatic hydroxyl groups excluding tert-OH is 8. The van der Waals surface area contributed by atoms with Gasteiger partial charge in [-0.1, -0.05) is 223 Å². The Morgan fingerprint density at radius 3 is 1.29 bits per heavy atom. The van der Waals surface area contributed by atoms with Crippen LogP contribution in [-0.2, 0) is 23.7 Å². The van der Waals surface area contributed by atoms with Crippen LogP contribution in [0.4, 0.5) is 0 Å². The average molecular weight is 1090 g/mol. The monoisotopic (exact) mass is 1090 g/mol. The van der Waals surface area contributed by atoms with Gasteiger partial charge in [-0.05, 0) is 70.6 Å². The lowest BCUT2D eigenvalue weighted by molar-refractivity contribution is -0.359. The molecule has 0 aromatic carbocycles. The Balaban J connectivity index is 1.68. The van der Waals surface area contributed by atoms with Crippen molar-refractivity contribution in [2.75, 3.05) is 19.8 Å². The molecule has 2 saturated heterocycles. The maximum Gasteiger partial charge on any atom is 0.220 e. The number of carbonyl (C=O) groups is 1. The minimum absolute atomic E-state index is 0.252. The highest BCUT2D eigenvalue weighted by atomic mass is 16.7. The van der Waals surface area contributed by atoms with E-state index < -0.39 is 86.8 Å². The van der Waals surface area contributed by atoms with E-state index in [2.05, 4.69) is 55.6 Å². The molecule has 14 nitrogen and oxygen atoms in total. The molecule has 2 fully saturated rings. The first-order valence-corrected chi connectivity index (χ1v) is 31.4. The number of nitrogens with one attached hydrogen (secondary N) is 1. The second-order valence-electron chi connectivity index (χ2n) is 22.2. The van der Waals surface area contributed by atoms with Gasteiger partial charge in [0, 0.05) is 6.42 Å². The molecule has 2 heterocycles. The SMILES string of the molecule is CCCCCC/C=C/CC/C=C/CC/C=C/C(O)C(COC1OC(CO)C(OC2OC(CO)C(O)C(O)C2O)C(O)C1O)NC(=O)CCCCCCCCCCCCCCCCCCC/C=C\CCCCCCCCCC. The zero-order valence-electron chi connectivity index (χ0n) is 48.5. The number of carbonyl (C=O) groups excluding carboxylic acids is 1. The fourth-order valence-electron chi connectivity index (χ4n) is 10.1. The van der Waals surface area contributed by atoms with Gasteiger partial charge in [0.25, 0.3) is 0 Å². The topological polar surface area (TPSA) is 228 Å². The maximum atomic E-state index is 13.3. The van der Waals surface area contributed by atoms with Crippen molar-refractivity contribution >= 4 is 5.91 Å². The van der Waals surface area contributed by atoms with Crippen LogP contribution in [0.15, 0.2) is 48.6 Å². The van der Waals surface area contributed by atoms with E-state index >= 15 is 0 Å². The molecule has 2 aliphatic rings. The van der Waals surface area contributed by atoms with E-state index in [1.54, 1.807) is 6.08 Å². The third-order valence-electron chi connectivity index (χ3n) is 15.2. The Labute approximate surface area is 467 Å². The van der Waals surface area contributed by atoms with Crippen molar-refractivity contribution in [3.05, 3.63) is 48.6 Å². The van der Waals surface area contributed by atoms with Crippen molar-refractivity contribution in [1.29, 1.82) is 0 Å². The molecular weight excluding hydrogens is 979 g/mol. The van der Waals surface area contributed by atoms with Crippen LogP contribution in [0.2, 0.25) is 0 Å². The molecule has 0 radical (unpaired) electrons. The summed E-state index contributed by atoms with van der Waals surface area (Å²) in [5.41, 5.74) is 0. The zero-order valence-corrected chi connectivity index (χ0v) is 48.5. The zero-order chi connectivity index (χ0) is 56.0. The highest BCUT2D eigenvalue weighted by Crippen LogP contribution is 2.30. The van der Waals surface area contributed by atoms with E-state index in [1.165, 1.54) is 173 Å². The van der Waals surface area contributed by atoms with Gasteiger partial charge in [0.1, 0.15) is 48.8 Å². The molecule has 2 aliphatic heterocycles. The number of allylic oxidation sites excluding steroid dienone is 7. The normalized spacial score (nSPS) is 25.0. The predicted molar refractivity (Wildman–Crippen MR) is 309 cm³/mol. The van der Waals surface area contributed by atoms with Crippen molar-refractivity contribution in [3.63, 3.8) is 0 Å². The van der Waals surface area contributed by atoms with Crippen LogP contribution in [0.3, 0.4) is 0 Å². The third-order valence-corrected chi connectivity index (χ3v) is 15.2. The van der Waals surface area contributed by atoms with Crippen molar-refractivity contribution < 1.29 is 64.6 Å². The van der Waals surface area contributed by atoms with Gasteiger partial charge < -0.3 is 65.1 Å². The Morgan fingerprint density at radius 1 is 0.455 bits per heavy atom. The van der Waals surface area contributed by atoms with Crippen LogP contribution in [-0.4, -0.2) is 140 Å². The summed E-state index contributed by atoms with van der Waals surface area (Å²) in [4.78, 5) is 13.3. The van der Waals surface area contributed by atoms with E-state index in [9.17, 15) is 45.6 Å². The van der Waals surface area contributed by atoms with Crippen LogP contribution >= 0.6 is 0 Å². The molecule has 450 valence electrons. The summed E-state index contributed by atoms with van der Waals surface area (Å²) >= 11 is 0. The Bertz CT molecular complexity index is 1480. The molecule has 0 aromatic heterocycles. The third kappa shape index (κ3) is 34.1. The second kappa shape index (κ2) is 48.6. The fraction of sp³-hybridized carbons (Fsp3) is 0.857. The van der Waals surface area contributed by atoms with E-state index in [0.29, 0.717) is 12.8 Å². The first kappa shape index (κ1) is 71.1. The van der Waals surface area contributed by atoms with Crippen LogP contribution in [0.25, 0.3) is 0 Å². The molecule has 0 bridgehead atoms. The molecule has 77 heavy (non-hydrogen) atoms. The van der Waals surface area contributed by atoms with Crippen LogP contribution in [0.5, 0.6) is 0 Å². The molecule has 1 amide bonds. The van der Waals surface area contributed by atoms with E-state index in [0.717, 1.165) is 44.9 Å². The van der Waals surface area contributed by atoms with Gasteiger partial charge in [-0.3, -0.25) is 4.79 Å². The summed E-state index contributed by atoms with van der Waals surface area (Å²) in [5, 5.41) is 87.0. The van der Waals surface area contributed by atoms with Gasteiger partial charge in [0.05, 0.1) is 32.0 Å². The van der Waals surface area contributed by atoms with Crippen LogP contribution < -0.4 is 5.32 Å². The molecule has 12 atom stereocenters. The molecule has 0 saturated carbocycles. The standard InChI is InChI=1S/C63H115NO13/c1-3-5-7-9-11-13-15-17-19-20-21-22-23-24-25-26-27-28-29-30-31-32-33-35-37-39-41-43-45-47-55(68)64-51(52(67)46-44-42-40-38-36-34-18-16-14-12-10-8-6-4-2)50-74-62-60(73)58(71)61(54(49-66)76-62)77-63-59(72)57(70)56(69)53(48-65)75-63/h14,16,20-21,36,38,44,46,51-54,56-63,65-67,69-73H,3-13,15,17-19,22-35,37,39-43,45,47-50H2,1-2H3,(H,64,68)/b16-14+,21-20-,38-36+,46-44+. The Hall–Kier alpha value is -2.05. The summed E-state index contributed by atoms with van der Waals surface area (Å²) < 4.78 is 22.7. The lowest BCUT2D eigenvalue weighted by atomic mass is 9.97. The number of aliphatic hydroxyl groups is 8. The second-order valence-corrected chi connectivity index (χ2v) is 22.2. The molecule has 0 spiro atoms. The lowest BCUT2D eigenvalue weighted by Gasteiger charge is -2.46. The first-order chi connectivity index (χ1) is 37.6. The largest absolute Gasteiger partial charge is 0.394 e. The van der Waals surface area contributed by atoms with Gasteiger partial charge in [-0.25, -0.2) is 0 Å². The summed E-state index contributed by atoms with van der Waals surface area (Å²) in [6.45, 7) is 2.76. The Kier molecular flexibility index (Phi) is 44.9. The van der Waals surface area contributed by atoms with Gasteiger partial charge in [0.2, 0.25) is 5.91 Å². The number of rotatable bonds is 50. The smallest absolute Gasteiger partial charge is 0.220 e.